The summed E-state index contributed by atoms with van der Waals surface area (Å²) in [7, 11) is 0. The van der Waals surface area contributed by atoms with Gasteiger partial charge in [0.05, 0.1) is 11.6 Å². The maximum atomic E-state index is 13.1. The lowest BCUT2D eigenvalue weighted by molar-refractivity contribution is 0.363. The summed E-state index contributed by atoms with van der Waals surface area (Å²) in [5.41, 5.74) is 0.969. The van der Waals surface area contributed by atoms with Crippen LogP contribution in [-0.2, 0) is 6.54 Å². The lowest BCUT2D eigenvalue weighted by atomic mass is 9.92. The number of halogens is 2. The SMILES string of the molecule is Cc1cc(N2C[C@H]3CC[C@@H](C2)C3Nc2nc(Oc3ccccc3Cl)n(CCF)n2)ncn1. The molecule has 10 heteroatoms. The Bertz CT molecular complexity index is 1080. The third-order valence-corrected chi connectivity index (χ3v) is 6.53. The molecule has 5 rings (SSSR count). The van der Waals surface area contributed by atoms with Gasteiger partial charge in [-0.3, -0.25) is 0 Å². The van der Waals surface area contributed by atoms with Gasteiger partial charge in [-0.1, -0.05) is 23.7 Å². The highest BCUT2D eigenvalue weighted by atomic mass is 35.5. The number of aryl methyl sites for hydroxylation is 2. The van der Waals surface area contributed by atoms with E-state index >= 15 is 0 Å². The normalized spacial score (nSPS) is 22.2. The first-order valence-corrected chi connectivity index (χ1v) is 11.2. The van der Waals surface area contributed by atoms with Crippen molar-refractivity contribution >= 4 is 23.4 Å². The van der Waals surface area contributed by atoms with Gasteiger partial charge in [0.25, 0.3) is 0 Å². The standard InChI is InChI=1S/C22H25ClFN7O/c1-14-10-19(26-13-25-14)30-11-15-6-7-16(12-30)20(15)27-21-28-22(31(29-21)9-8-24)32-18-5-3-2-4-17(18)23/h2-5,10,13,15-16,20H,6-9,11-12H2,1H3,(H,27,29)/t15-,16+,20?. The third kappa shape index (κ3) is 4.21. The Morgan fingerprint density at radius 1 is 1.19 bits per heavy atom. The molecule has 2 fully saturated rings. The average Bonchev–Trinajstić information content (AvgIpc) is 3.25. The van der Waals surface area contributed by atoms with Crippen molar-refractivity contribution < 1.29 is 9.13 Å². The fraction of sp³-hybridized carbons (Fsp3) is 0.455. The zero-order valence-corrected chi connectivity index (χ0v) is 18.5. The largest absolute Gasteiger partial charge is 0.423 e. The van der Waals surface area contributed by atoms with Crippen molar-refractivity contribution in [2.75, 3.05) is 30.0 Å². The number of para-hydroxylation sites is 1. The fourth-order valence-electron chi connectivity index (χ4n) is 4.72. The second kappa shape index (κ2) is 8.90. The van der Waals surface area contributed by atoms with Crippen molar-refractivity contribution in [1.82, 2.24) is 24.7 Å². The van der Waals surface area contributed by atoms with Crippen LogP contribution in [0.25, 0.3) is 0 Å². The van der Waals surface area contributed by atoms with E-state index in [4.69, 9.17) is 16.3 Å². The molecule has 8 nitrogen and oxygen atoms in total. The predicted octanol–water partition coefficient (Wildman–Crippen LogP) is 4.12. The van der Waals surface area contributed by atoms with Gasteiger partial charge in [-0.25, -0.2) is 19.0 Å². The summed E-state index contributed by atoms with van der Waals surface area (Å²) >= 11 is 6.20. The molecule has 1 aromatic carbocycles. The molecular formula is C22H25ClFN7O. The molecule has 3 heterocycles. The smallest absolute Gasteiger partial charge is 0.322 e. The molecule has 3 atom stereocenters. The zero-order chi connectivity index (χ0) is 22.1. The molecule has 2 aliphatic rings. The van der Waals surface area contributed by atoms with E-state index in [9.17, 15) is 4.39 Å². The number of anilines is 2. The molecule has 0 spiro atoms. The van der Waals surface area contributed by atoms with Crippen molar-refractivity contribution in [2.45, 2.75) is 32.4 Å². The number of fused-ring (bicyclic) bond motifs is 2. The van der Waals surface area contributed by atoms with Gasteiger partial charge >= 0.3 is 6.01 Å². The van der Waals surface area contributed by atoms with Crippen LogP contribution < -0.4 is 15.0 Å². The lowest BCUT2D eigenvalue weighted by Crippen LogP contribution is -2.48. The Kier molecular flexibility index (Phi) is 5.82. The molecular weight excluding hydrogens is 433 g/mol. The van der Waals surface area contributed by atoms with E-state index in [1.807, 2.05) is 25.1 Å². The van der Waals surface area contributed by atoms with Crippen LogP contribution in [0.1, 0.15) is 18.5 Å². The minimum absolute atomic E-state index is 0.0623. The molecule has 1 saturated heterocycles. The van der Waals surface area contributed by atoms with Crippen LogP contribution in [0.2, 0.25) is 5.02 Å². The number of alkyl halides is 1. The summed E-state index contributed by atoms with van der Waals surface area (Å²) in [4.78, 5) is 15.5. The summed E-state index contributed by atoms with van der Waals surface area (Å²) in [6.07, 6.45) is 3.90. The molecule has 0 amide bonds. The van der Waals surface area contributed by atoms with E-state index in [-0.39, 0.29) is 18.6 Å². The Morgan fingerprint density at radius 3 is 2.69 bits per heavy atom. The molecule has 3 aromatic rings. The lowest BCUT2D eigenvalue weighted by Gasteiger charge is -2.38. The number of hydrogen-bond acceptors (Lipinski definition) is 7. The van der Waals surface area contributed by atoms with Crippen LogP contribution in [0.5, 0.6) is 11.8 Å². The van der Waals surface area contributed by atoms with E-state index in [0.717, 1.165) is 37.4 Å². The quantitative estimate of drug-likeness (QED) is 0.571. The average molecular weight is 458 g/mol. The molecule has 1 saturated carbocycles. The van der Waals surface area contributed by atoms with Crippen LogP contribution in [0.3, 0.4) is 0 Å². The molecule has 2 bridgehead atoms. The van der Waals surface area contributed by atoms with Gasteiger partial charge in [-0.05, 0) is 43.7 Å². The Morgan fingerprint density at radius 2 is 1.97 bits per heavy atom. The molecule has 1 aliphatic heterocycles. The number of piperidine rings is 1. The molecule has 1 N–H and O–H groups in total. The van der Waals surface area contributed by atoms with Gasteiger partial charge in [0.15, 0.2) is 0 Å². The molecule has 1 unspecified atom stereocenters. The van der Waals surface area contributed by atoms with Crippen LogP contribution in [0, 0.1) is 18.8 Å². The summed E-state index contributed by atoms with van der Waals surface area (Å²) in [5.74, 6) is 2.79. The Balaban J connectivity index is 1.32. The van der Waals surface area contributed by atoms with Gasteiger partial charge in [0.2, 0.25) is 5.95 Å². The molecule has 32 heavy (non-hydrogen) atoms. The van der Waals surface area contributed by atoms with Crippen LogP contribution >= 0.6 is 11.6 Å². The summed E-state index contributed by atoms with van der Waals surface area (Å²) in [6.45, 7) is 3.31. The van der Waals surface area contributed by atoms with E-state index in [1.54, 1.807) is 18.5 Å². The van der Waals surface area contributed by atoms with Gasteiger partial charge in [0.1, 0.15) is 24.6 Å². The Labute approximate surface area is 190 Å². The first-order chi connectivity index (χ1) is 15.6. The van der Waals surface area contributed by atoms with Crippen LogP contribution in [-0.4, -0.2) is 50.5 Å². The van der Waals surface area contributed by atoms with Gasteiger partial charge in [0, 0.05) is 30.9 Å². The second-order valence-electron chi connectivity index (χ2n) is 8.35. The first kappa shape index (κ1) is 20.9. The number of rotatable bonds is 7. The highest BCUT2D eigenvalue weighted by molar-refractivity contribution is 6.32. The fourth-order valence-corrected chi connectivity index (χ4v) is 4.90. The third-order valence-electron chi connectivity index (χ3n) is 6.21. The van der Waals surface area contributed by atoms with Gasteiger partial charge in [-0.15, -0.1) is 5.10 Å². The first-order valence-electron chi connectivity index (χ1n) is 10.8. The topological polar surface area (TPSA) is 81.0 Å². The highest BCUT2D eigenvalue weighted by Gasteiger charge is 2.43. The van der Waals surface area contributed by atoms with Crippen molar-refractivity contribution in [2.24, 2.45) is 11.8 Å². The van der Waals surface area contributed by atoms with E-state index < -0.39 is 6.67 Å². The second-order valence-corrected chi connectivity index (χ2v) is 8.76. The maximum Gasteiger partial charge on any atom is 0.322 e. The summed E-state index contributed by atoms with van der Waals surface area (Å²) < 4.78 is 20.4. The minimum Gasteiger partial charge on any atom is -0.423 e. The minimum atomic E-state index is -0.566. The van der Waals surface area contributed by atoms with Crippen molar-refractivity contribution in [3.8, 4) is 11.8 Å². The van der Waals surface area contributed by atoms with Crippen LogP contribution in [0.4, 0.5) is 16.2 Å². The predicted molar refractivity (Wildman–Crippen MR) is 120 cm³/mol. The van der Waals surface area contributed by atoms with Gasteiger partial charge < -0.3 is 15.0 Å². The summed E-state index contributed by atoms with van der Waals surface area (Å²) in [6, 6.07) is 9.63. The van der Waals surface area contributed by atoms with E-state index in [0.29, 0.717) is 28.6 Å². The number of aromatic nitrogens is 5. The number of benzene rings is 1. The molecule has 0 radical (unpaired) electrons. The van der Waals surface area contributed by atoms with Crippen molar-refractivity contribution in [1.29, 1.82) is 0 Å². The summed E-state index contributed by atoms with van der Waals surface area (Å²) in [5, 5.41) is 8.43. The maximum absolute atomic E-state index is 13.1. The molecule has 1 aliphatic carbocycles. The van der Waals surface area contributed by atoms with Crippen LogP contribution in [0.15, 0.2) is 36.7 Å². The zero-order valence-electron chi connectivity index (χ0n) is 17.8. The monoisotopic (exact) mass is 457 g/mol. The van der Waals surface area contributed by atoms with Crippen molar-refractivity contribution in [3.63, 3.8) is 0 Å². The number of ether oxygens (including phenoxy) is 1. The highest BCUT2D eigenvalue weighted by Crippen LogP contribution is 2.40. The molecule has 2 aromatic heterocycles. The molecule has 168 valence electrons. The Hall–Kier alpha value is -2.94. The van der Waals surface area contributed by atoms with E-state index in [2.05, 4.69) is 30.3 Å². The van der Waals surface area contributed by atoms with Gasteiger partial charge in [-0.2, -0.15) is 4.98 Å². The van der Waals surface area contributed by atoms with Crippen molar-refractivity contribution in [3.05, 3.63) is 47.4 Å². The number of hydrogen-bond donors (Lipinski definition) is 1. The number of nitrogens with zero attached hydrogens (tertiary/aromatic N) is 6. The number of nitrogens with one attached hydrogen (secondary N) is 1. The van der Waals surface area contributed by atoms with E-state index in [1.165, 1.54) is 4.68 Å².